The number of nitrogens with one attached hydrogen (secondary N) is 1. The molecule has 0 amide bonds. The zero-order chi connectivity index (χ0) is 10.0. The first-order valence-corrected chi connectivity index (χ1v) is 5.38. The summed E-state index contributed by atoms with van der Waals surface area (Å²) in [6, 6.07) is 2.07. The highest BCUT2D eigenvalue weighted by molar-refractivity contribution is 5.50. The summed E-state index contributed by atoms with van der Waals surface area (Å²) < 4.78 is 0. The molecule has 1 aromatic heterocycles. The SMILES string of the molecule is Cc1cnccc1NC1(C)CCCC1. The van der Waals surface area contributed by atoms with Crippen LogP contribution in [0.2, 0.25) is 0 Å². The van der Waals surface area contributed by atoms with Crippen molar-refractivity contribution in [2.24, 2.45) is 0 Å². The van der Waals surface area contributed by atoms with Crippen LogP contribution in [0.25, 0.3) is 0 Å². The maximum Gasteiger partial charge on any atom is 0.0404 e. The van der Waals surface area contributed by atoms with E-state index < -0.39 is 0 Å². The minimum absolute atomic E-state index is 0.312. The van der Waals surface area contributed by atoms with Gasteiger partial charge in [0, 0.05) is 23.6 Å². The molecule has 76 valence electrons. The van der Waals surface area contributed by atoms with Crippen molar-refractivity contribution in [3.8, 4) is 0 Å². The molecule has 1 saturated carbocycles. The molecule has 1 N–H and O–H groups in total. The molecule has 1 aliphatic carbocycles. The second kappa shape index (κ2) is 3.60. The summed E-state index contributed by atoms with van der Waals surface area (Å²) in [5, 5.41) is 3.65. The number of aromatic nitrogens is 1. The molecule has 0 radical (unpaired) electrons. The van der Waals surface area contributed by atoms with E-state index in [0.29, 0.717) is 5.54 Å². The molecule has 0 saturated heterocycles. The number of hydrogen-bond donors (Lipinski definition) is 1. The van der Waals surface area contributed by atoms with Crippen LogP contribution in [0.5, 0.6) is 0 Å². The third-order valence-electron chi connectivity index (χ3n) is 3.16. The van der Waals surface area contributed by atoms with E-state index in [4.69, 9.17) is 0 Å². The molecule has 1 heterocycles. The fourth-order valence-electron chi connectivity index (χ4n) is 2.22. The smallest absolute Gasteiger partial charge is 0.0404 e. The minimum atomic E-state index is 0.312. The monoisotopic (exact) mass is 190 g/mol. The highest BCUT2D eigenvalue weighted by Crippen LogP contribution is 2.33. The third kappa shape index (κ3) is 1.89. The van der Waals surface area contributed by atoms with Gasteiger partial charge in [0.15, 0.2) is 0 Å². The predicted octanol–water partition coefficient (Wildman–Crippen LogP) is 3.13. The van der Waals surface area contributed by atoms with Gasteiger partial charge in [-0.1, -0.05) is 12.8 Å². The van der Waals surface area contributed by atoms with Gasteiger partial charge in [-0.3, -0.25) is 4.98 Å². The first kappa shape index (κ1) is 9.50. The van der Waals surface area contributed by atoms with Crippen LogP contribution < -0.4 is 5.32 Å². The van der Waals surface area contributed by atoms with Gasteiger partial charge in [-0.25, -0.2) is 0 Å². The lowest BCUT2D eigenvalue weighted by atomic mass is 10.00. The van der Waals surface area contributed by atoms with E-state index in [0.717, 1.165) is 0 Å². The molecular formula is C12H18N2. The normalized spacial score (nSPS) is 19.6. The third-order valence-corrected chi connectivity index (χ3v) is 3.16. The van der Waals surface area contributed by atoms with E-state index in [-0.39, 0.29) is 0 Å². The highest BCUT2D eigenvalue weighted by atomic mass is 15.0. The number of nitrogens with zero attached hydrogens (tertiary/aromatic N) is 1. The Balaban J connectivity index is 2.14. The maximum absolute atomic E-state index is 4.10. The Kier molecular flexibility index (Phi) is 2.44. The Labute approximate surface area is 85.7 Å². The molecule has 0 atom stereocenters. The van der Waals surface area contributed by atoms with Crippen LogP contribution in [-0.4, -0.2) is 10.5 Å². The zero-order valence-electron chi connectivity index (χ0n) is 9.01. The van der Waals surface area contributed by atoms with E-state index in [1.54, 1.807) is 0 Å². The van der Waals surface area contributed by atoms with Gasteiger partial charge in [0.2, 0.25) is 0 Å². The second-order valence-electron chi connectivity index (χ2n) is 4.58. The highest BCUT2D eigenvalue weighted by Gasteiger charge is 2.28. The summed E-state index contributed by atoms with van der Waals surface area (Å²) >= 11 is 0. The number of aryl methyl sites for hydroxylation is 1. The first-order chi connectivity index (χ1) is 6.70. The van der Waals surface area contributed by atoms with Crippen LogP contribution in [0.3, 0.4) is 0 Å². The van der Waals surface area contributed by atoms with E-state index in [1.165, 1.54) is 36.9 Å². The Morgan fingerprint density at radius 3 is 2.71 bits per heavy atom. The van der Waals surface area contributed by atoms with Crippen molar-refractivity contribution in [3.05, 3.63) is 24.0 Å². The average Bonchev–Trinajstić information content (AvgIpc) is 2.57. The molecule has 0 aliphatic heterocycles. The van der Waals surface area contributed by atoms with Crippen molar-refractivity contribution in [2.75, 3.05) is 5.32 Å². The lowest BCUT2D eigenvalue weighted by Crippen LogP contribution is -2.31. The molecule has 2 nitrogen and oxygen atoms in total. The summed E-state index contributed by atoms with van der Waals surface area (Å²) in [7, 11) is 0. The van der Waals surface area contributed by atoms with Gasteiger partial charge in [-0.05, 0) is 38.3 Å². The molecule has 1 aliphatic rings. The van der Waals surface area contributed by atoms with Crippen LogP contribution >= 0.6 is 0 Å². The standard InChI is InChI=1S/C12H18N2/c1-10-9-13-8-5-11(10)14-12(2)6-3-4-7-12/h5,8-9H,3-4,6-7H2,1-2H3,(H,13,14). The van der Waals surface area contributed by atoms with Crippen molar-refractivity contribution in [1.29, 1.82) is 0 Å². The predicted molar refractivity (Wildman–Crippen MR) is 59.5 cm³/mol. The Bertz CT molecular complexity index is 314. The van der Waals surface area contributed by atoms with E-state index in [1.807, 2.05) is 12.4 Å². The van der Waals surface area contributed by atoms with Crippen molar-refractivity contribution < 1.29 is 0 Å². The summed E-state index contributed by atoms with van der Waals surface area (Å²) in [5.74, 6) is 0. The molecule has 0 unspecified atom stereocenters. The molecular weight excluding hydrogens is 172 g/mol. The van der Waals surface area contributed by atoms with Crippen molar-refractivity contribution in [1.82, 2.24) is 4.98 Å². The minimum Gasteiger partial charge on any atom is -0.380 e. The molecule has 0 aromatic carbocycles. The van der Waals surface area contributed by atoms with E-state index in [2.05, 4.69) is 30.2 Å². The topological polar surface area (TPSA) is 24.9 Å². The van der Waals surface area contributed by atoms with Gasteiger partial charge < -0.3 is 5.32 Å². The molecule has 2 rings (SSSR count). The molecule has 0 spiro atoms. The van der Waals surface area contributed by atoms with Crippen molar-refractivity contribution in [3.63, 3.8) is 0 Å². The maximum atomic E-state index is 4.10. The summed E-state index contributed by atoms with van der Waals surface area (Å²) in [5.41, 5.74) is 2.79. The Morgan fingerprint density at radius 1 is 1.36 bits per heavy atom. The molecule has 14 heavy (non-hydrogen) atoms. The van der Waals surface area contributed by atoms with Gasteiger partial charge in [0.1, 0.15) is 0 Å². The van der Waals surface area contributed by atoms with Gasteiger partial charge in [-0.15, -0.1) is 0 Å². The lowest BCUT2D eigenvalue weighted by Gasteiger charge is -2.27. The van der Waals surface area contributed by atoms with E-state index in [9.17, 15) is 0 Å². The Morgan fingerprint density at radius 2 is 2.07 bits per heavy atom. The largest absolute Gasteiger partial charge is 0.380 e. The Hall–Kier alpha value is -1.05. The van der Waals surface area contributed by atoms with Gasteiger partial charge in [0.05, 0.1) is 0 Å². The summed E-state index contributed by atoms with van der Waals surface area (Å²) in [6.45, 7) is 4.42. The number of hydrogen-bond acceptors (Lipinski definition) is 2. The summed E-state index contributed by atoms with van der Waals surface area (Å²) in [6.07, 6.45) is 9.05. The fourth-order valence-corrected chi connectivity index (χ4v) is 2.22. The van der Waals surface area contributed by atoms with Crippen LogP contribution in [0, 0.1) is 6.92 Å². The number of anilines is 1. The van der Waals surface area contributed by atoms with Gasteiger partial charge in [-0.2, -0.15) is 0 Å². The van der Waals surface area contributed by atoms with Crippen molar-refractivity contribution >= 4 is 5.69 Å². The number of rotatable bonds is 2. The van der Waals surface area contributed by atoms with Crippen LogP contribution in [0.15, 0.2) is 18.5 Å². The number of pyridine rings is 1. The van der Waals surface area contributed by atoms with Crippen LogP contribution in [0.4, 0.5) is 5.69 Å². The average molecular weight is 190 g/mol. The lowest BCUT2D eigenvalue weighted by molar-refractivity contribution is 0.533. The summed E-state index contributed by atoms with van der Waals surface area (Å²) in [4.78, 5) is 4.10. The molecule has 2 heteroatoms. The molecule has 1 aromatic rings. The van der Waals surface area contributed by atoms with E-state index >= 15 is 0 Å². The van der Waals surface area contributed by atoms with Crippen LogP contribution in [-0.2, 0) is 0 Å². The second-order valence-corrected chi connectivity index (χ2v) is 4.58. The quantitative estimate of drug-likeness (QED) is 0.775. The first-order valence-electron chi connectivity index (χ1n) is 5.38. The van der Waals surface area contributed by atoms with Crippen LogP contribution in [0.1, 0.15) is 38.2 Å². The van der Waals surface area contributed by atoms with Gasteiger partial charge >= 0.3 is 0 Å². The van der Waals surface area contributed by atoms with Gasteiger partial charge in [0.25, 0.3) is 0 Å². The fraction of sp³-hybridized carbons (Fsp3) is 0.583. The zero-order valence-corrected chi connectivity index (χ0v) is 9.01. The molecule has 0 bridgehead atoms. The molecule has 1 fully saturated rings. The van der Waals surface area contributed by atoms with Crippen molar-refractivity contribution in [2.45, 2.75) is 45.1 Å².